The fourth-order valence-electron chi connectivity index (χ4n) is 10.2. The van der Waals surface area contributed by atoms with Crippen LogP contribution < -0.4 is 0 Å². The van der Waals surface area contributed by atoms with Crippen LogP contribution in [-0.2, 0) is 0 Å². The zero-order valence-electron chi connectivity index (χ0n) is 37.7. The van der Waals surface area contributed by atoms with Crippen molar-refractivity contribution in [2.24, 2.45) is 0 Å². The predicted molar refractivity (Wildman–Crippen MR) is 293 cm³/mol. The van der Waals surface area contributed by atoms with Gasteiger partial charge in [0, 0.05) is 42.1 Å². The summed E-state index contributed by atoms with van der Waals surface area (Å²) in [7, 11) is 0. The first-order valence-corrected chi connectivity index (χ1v) is 24.4. The van der Waals surface area contributed by atoms with Gasteiger partial charge in [-0.05, 0) is 121 Å². The van der Waals surface area contributed by atoms with Gasteiger partial charge in [0.15, 0.2) is 17.5 Å². The summed E-state index contributed by atoms with van der Waals surface area (Å²) in [5.74, 6) is 1.78. The van der Waals surface area contributed by atoms with Crippen LogP contribution in [0.15, 0.2) is 241 Å². The molecule has 0 saturated heterocycles. The standard InChI is InChI=1S/C65H39N3OS/c1-4-13-40(14-5-1)45-28-25-41-26-29-46(36-50(41)35-45)48-31-33-59-57(38-48)52-21-11-23-54(61(52)69-59)64-66-63(44-17-8-3-9-18-44)67-65(68-64)55-24-12-22-53-58-39-49(32-34-60(58)70-62(53)55)47-30-27-43-19-10-20-51(56(43)37-47)42-15-6-2-7-16-42/h1-39H. The summed E-state index contributed by atoms with van der Waals surface area (Å²) in [5.41, 5.74) is 13.8. The molecule has 0 amide bonds. The molecule has 0 atom stereocenters. The second kappa shape index (κ2) is 16.3. The molecule has 11 aromatic carbocycles. The van der Waals surface area contributed by atoms with Crippen LogP contribution in [0.2, 0.25) is 0 Å². The Bertz CT molecular complexity index is 4350. The van der Waals surface area contributed by atoms with Gasteiger partial charge in [0.1, 0.15) is 11.2 Å². The molecule has 0 saturated carbocycles. The van der Waals surface area contributed by atoms with Crippen molar-refractivity contribution >= 4 is 75.0 Å². The quantitative estimate of drug-likeness (QED) is 0.160. The van der Waals surface area contributed by atoms with E-state index >= 15 is 0 Å². The number of nitrogens with zero attached hydrogens (tertiary/aromatic N) is 3. The first-order valence-electron chi connectivity index (χ1n) is 23.6. The molecule has 0 aliphatic rings. The van der Waals surface area contributed by atoms with Crippen molar-refractivity contribution in [1.82, 2.24) is 15.0 Å². The maximum absolute atomic E-state index is 6.77. The molecule has 3 aromatic heterocycles. The van der Waals surface area contributed by atoms with E-state index in [2.05, 4.69) is 218 Å². The first-order chi connectivity index (χ1) is 34.6. The normalized spacial score (nSPS) is 11.7. The minimum Gasteiger partial charge on any atom is -0.455 e. The van der Waals surface area contributed by atoms with Gasteiger partial charge in [0.2, 0.25) is 0 Å². The van der Waals surface area contributed by atoms with Crippen LogP contribution in [0.5, 0.6) is 0 Å². The summed E-state index contributed by atoms with van der Waals surface area (Å²) in [6.07, 6.45) is 0. The summed E-state index contributed by atoms with van der Waals surface area (Å²) in [5, 5.41) is 9.31. The second-order valence-corrected chi connectivity index (χ2v) is 19.0. The first kappa shape index (κ1) is 40.1. The Morgan fingerprint density at radius 2 is 0.814 bits per heavy atom. The summed E-state index contributed by atoms with van der Waals surface area (Å²) in [6.45, 7) is 0. The van der Waals surface area contributed by atoms with E-state index in [1.165, 1.54) is 70.4 Å². The van der Waals surface area contributed by atoms with Crippen molar-refractivity contribution in [2.75, 3.05) is 0 Å². The molecule has 0 aliphatic carbocycles. The molecule has 14 aromatic rings. The number of para-hydroxylation sites is 1. The highest BCUT2D eigenvalue weighted by molar-refractivity contribution is 7.26. The van der Waals surface area contributed by atoms with Crippen molar-refractivity contribution in [3.05, 3.63) is 237 Å². The number of aromatic nitrogens is 3. The van der Waals surface area contributed by atoms with Gasteiger partial charge in [0.25, 0.3) is 0 Å². The van der Waals surface area contributed by atoms with Crippen molar-refractivity contribution in [3.8, 4) is 78.7 Å². The third-order valence-corrected chi connectivity index (χ3v) is 14.9. The Morgan fingerprint density at radius 3 is 1.56 bits per heavy atom. The lowest BCUT2D eigenvalue weighted by Crippen LogP contribution is -2.00. The minimum atomic E-state index is 0.559. The number of rotatable bonds is 7. The molecular formula is C65H39N3OS. The number of fused-ring (bicyclic) bond motifs is 8. The van der Waals surface area contributed by atoms with Crippen LogP contribution >= 0.6 is 11.3 Å². The van der Waals surface area contributed by atoms with E-state index in [1.807, 2.05) is 18.2 Å². The SMILES string of the molecule is c1ccc(-c2ccc3ccc(-c4ccc5oc6c(-c7nc(-c8ccccc8)nc(-c8cccc9c8sc8ccc(-c%10ccc%11cccc(-c%12ccccc%12)c%11c%10)cc89)n7)cccc6c5c4)cc3c2)cc1. The van der Waals surface area contributed by atoms with Crippen molar-refractivity contribution < 1.29 is 4.42 Å². The molecule has 70 heavy (non-hydrogen) atoms. The average Bonchev–Trinajstić information content (AvgIpc) is 4.01. The Labute approximate surface area is 407 Å². The summed E-state index contributed by atoms with van der Waals surface area (Å²) < 4.78 is 9.11. The van der Waals surface area contributed by atoms with Crippen LogP contribution in [0.25, 0.3) is 142 Å². The Balaban J connectivity index is 0.873. The Kier molecular flexibility index (Phi) is 9.36. The zero-order chi connectivity index (χ0) is 46.1. The van der Waals surface area contributed by atoms with Gasteiger partial charge in [-0.15, -0.1) is 11.3 Å². The molecule has 0 spiro atoms. The monoisotopic (exact) mass is 909 g/mol. The van der Waals surface area contributed by atoms with Crippen molar-refractivity contribution in [3.63, 3.8) is 0 Å². The molecule has 3 heterocycles. The predicted octanol–water partition coefficient (Wildman–Crippen LogP) is 18.1. The highest BCUT2D eigenvalue weighted by Gasteiger charge is 2.21. The zero-order valence-corrected chi connectivity index (χ0v) is 38.5. The maximum atomic E-state index is 6.77. The van der Waals surface area contributed by atoms with Gasteiger partial charge in [0.05, 0.1) is 5.56 Å². The molecule has 0 N–H and O–H groups in total. The van der Waals surface area contributed by atoms with E-state index in [9.17, 15) is 0 Å². The van der Waals surface area contributed by atoms with Crippen LogP contribution in [0.1, 0.15) is 0 Å². The van der Waals surface area contributed by atoms with Gasteiger partial charge in [-0.1, -0.05) is 182 Å². The maximum Gasteiger partial charge on any atom is 0.167 e. The Morgan fingerprint density at radius 1 is 0.286 bits per heavy atom. The molecule has 4 nitrogen and oxygen atoms in total. The fourth-order valence-corrected chi connectivity index (χ4v) is 11.4. The molecule has 5 heteroatoms. The summed E-state index contributed by atoms with van der Waals surface area (Å²) >= 11 is 1.78. The topological polar surface area (TPSA) is 51.8 Å². The van der Waals surface area contributed by atoms with E-state index in [4.69, 9.17) is 19.4 Å². The molecule has 0 radical (unpaired) electrons. The molecule has 326 valence electrons. The smallest absolute Gasteiger partial charge is 0.167 e. The molecule has 0 unspecified atom stereocenters. The van der Waals surface area contributed by atoms with E-state index in [0.717, 1.165) is 54.5 Å². The van der Waals surface area contributed by atoms with E-state index < -0.39 is 0 Å². The number of benzene rings is 11. The van der Waals surface area contributed by atoms with Crippen LogP contribution in [-0.4, -0.2) is 15.0 Å². The minimum absolute atomic E-state index is 0.559. The van der Waals surface area contributed by atoms with E-state index in [1.54, 1.807) is 11.3 Å². The Hall–Kier alpha value is -9.03. The van der Waals surface area contributed by atoms with E-state index in [-0.39, 0.29) is 0 Å². The van der Waals surface area contributed by atoms with Crippen LogP contribution in [0, 0.1) is 0 Å². The largest absolute Gasteiger partial charge is 0.455 e. The third-order valence-electron chi connectivity index (χ3n) is 13.7. The van der Waals surface area contributed by atoms with Gasteiger partial charge < -0.3 is 4.42 Å². The number of hydrogen-bond acceptors (Lipinski definition) is 5. The number of thiophene rings is 1. The number of hydrogen-bond donors (Lipinski definition) is 0. The molecular weight excluding hydrogens is 871 g/mol. The van der Waals surface area contributed by atoms with Gasteiger partial charge in [-0.3, -0.25) is 0 Å². The fraction of sp³-hybridized carbons (Fsp3) is 0. The van der Waals surface area contributed by atoms with Gasteiger partial charge >= 0.3 is 0 Å². The molecule has 0 bridgehead atoms. The van der Waals surface area contributed by atoms with Gasteiger partial charge in [-0.2, -0.15) is 0 Å². The van der Waals surface area contributed by atoms with Gasteiger partial charge in [-0.25, -0.2) is 15.0 Å². The summed E-state index contributed by atoms with van der Waals surface area (Å²) in [4.78, 5) is 15.7. The van der Waals surface area contributed by atoms with Crippen LogP contribution in [0.4, 0.5) is 0 Å². The van der Waals surface area contributed by atoms with Crippen molar-refractivity contribution in [2.45, 2.75) is 0 Å². The highest BCUT2D eigenvalue weighted by Crippen LogP contribution is 2.43. The lowest BCUT2D eigenvalue weighted by atomic mass is 9.94. The van der Waals surface area contributed by atoms with Crippen LogP contribution in [0.3, 0.4) is 0 Å². The van der Waals surface area contributed by atoms with E-state index in [0.29, 0.717) is 17.5 Å². The lowest BCUT2D eigenvalue weighted by Gasteiger charge is -2.10. The number of furan rings is 1. The third kappa shape index (κ3) is 6.86. The average molecular weight is 910 g/mol. The van der Waals surface area contributed by atoms with Crippen molar-refractivity contribution in [1.29, 1.82) is 0 Å². The molecule has 14 rings (SSSR count). The lowest BCUT2D eigenvalue weighted by molar-refractivity contribution is 0.669. The highest BCUT2D eigenvalue weighted by atomic mass is 32.1. The molecule has 0 fully saturated rings. The second-order valence-electron chi connectivity index (χ2n) is 17.9. The molecule has 0 aliphatic heterocycles. The summed E-state index contributed by atoms with van der Waals surface area (Å²) in [6, 6.07) is 84.2.